The van der Waals surface area contributed by atoms with Crippen molar-refractivity contribution in [3.63, 3.8) is 0 Å². The van der Waals surface area contributed by atoms with Crippen molar-refractivity contribution in [1.82, 2.24) is 0 Å². The maximum atomic E-state index is 14.4. The number of nitro benzene ring substituents is 1. The molecule has 0 bridgehead atoms. The van der Waals surface area contributed by atoms with Crippen LogP contribution in [0.2, 0.25) is 0 Å². The van der Waals surface area contributed by atoms with Crippen molar-refractivity contribution in [3.8, 4) is 0 Å². The molecular weight excluding hydrogens is 367 g/mol. The van der Waals surface area contributed by atoms with E-state index in [4.69, 9.17) is 0 Å². The number of halogens is 1. The Hall–Kier alpha value is -2.95. The highest BCUT2D eigenvalue weighted by molar-refractivity contribution is 5.52. The number of anilines is 1. The second kappa shape index (κ2) is 8.60. The van der Waals surface area contributed by atoms with Crippen LogP contribution in [-0.4, -0.2) is 18.0 Å². The standard InChI is InChI=1S/C24H25FN2O2/c25-22-17-21(27(28)29)11-12-23(22)26-15-13-20(14-16-26)24(18-7-3-1-4-8-18)19-9-5-2-6-10-19/h1-9,11-12,17,19-20,24H,10,13-16H2. The Balaban J connectivity index is 1.50. The quantitative estimate of drug-likeness (QED) is 0.472. The van der Waals surface area contributed by atoms with E-state index >= 15 is 0 Å². The fraction of sp³-hybridized carbons (Fsp3) is 0.333. The number of hydrogen-bond donors (Lipinski definition) is 0. The van der Waals surface area contributed by atoms with Crippen molar-refractivity contribution in [2.24, 2.45) is 11.8 Å². The lowest BCUT2D eigenvalue weighted by Gasteiger charge is -2.40. The zero-order valence-electron chi connectivity index (χ0n) is 16.3. The zero-order valence-corrected chi connectivity index (χ0v) is 16.3. The molecule has 0 N–H and O–H groups in total. The topological polar surface area (TPSA) is 46.4 Å². The van der Waals surface area contributed by atoms with E-state index in [0.29, 0.717) is 23.4 Å². The minimum Gasteiger partial charge on any atom is -0.369 e. The van der Waals surface area contributed by atoms with Crippen molar-refractivity contribution >= 4 is 11.4 Å². The summed E-state index contributed by atoms with van der Waals surface area (Å²) in [6.45, 7) is 1.52. The van der Waals surface area contributed by atoms with E-state index in [1.807, 2.05) is 4.90 Å². The summed E-state index contributed by atoms with van der Waals surface area (Å²) in [5.74, 6) is 0.935. The van der Waals surface area contributed by atoms with Gasteiger partial charge in [-0.3, -0.25) is 10.1 Å². The predicted molar refractivity (Wildman–Crippen MR) is 114 cm³/mol. The summed E-state index contributed by atoms with van der Waals surface area (Å²) in [5, 5.41) is 10.9. The van der Waals surface area contributed by atoms with Crippen LogP contribution in [0.3, 0.4) is 0 Å². The summed E-state index contributed by atoms with van der Waals surface area (Å²) in [6.07, 6.45) is 11.8. The van der Waals surface area contributed by atoms with Gasteiger partial charge in [0.15, 0.2) is 5.82 Å². The highest BCUT2D eigenvalue weighted by Gasteiger charge is 2.33. The molecule has 1 aliphatic carbocycles. The largest absolute Gasteiger partial charge is 0.369 e. The summed E-state index contributed by atoms with van der Waals surface area (Å²) in [6, 6.07) is 14.6. The molecule has 0 amide bonds. The molecule has 2 aliphatic rings. The molecule has 0 saturated carbocycles. The van der Waals surface area contributed by atoms with Gasteiger partial charge < -0.3 is 4.90 Å². The van der Waals surface area contributed by atoms with Gasteiger partial charge in [0.1, 0.15) is 0 Å². The molecule has 1 fully saturated rings. The molecule has 1 aliphatic heterocycles. The molecule has 4 rings (SSSR count). The van der Waals surface area contributed by atoms with Gasteiger partial charge in [0.05, 0.1) is 16.7 Å². The molecule has 0 spiro atoms. The first kappa shape index (κ1) is 19.4. The monoisotopic (exact) mass is 392 g/mol. The van der Waals surface area contributed by atoms with E-state index in [9.17, 15) is 14.5 Å². The lowest BCUT2D eigenvalue weighted by molar-refractivity contribution is -0.385. The first-order chi connectivity index (χ1) is 14.1. The maximum Gasteiger partial charge on any atom is 0.272 e. The normalized spacial score (nSPS) is 20.6. The lowest BCUT2D eigenvalue weighted by Crippen LogP contribution is -2.37. The number of nitro groups is 1. The third-order valence-electron chi connectivity index (χ3n) is 6.19. The van der Waals surface area contributed by atoms with E-state index < -0.39 is 10.7 Å². The lowest BCUT2D eigenvalue weighted by atomic mass is 9.71. The fourth-order valence-electron chi connectivity index (χ4n) is 4.78. The van der Waals surface area contributed by atoms with Gasteiger partial charge in [-0.25, -0.2) is 4.39 Å². The number of rotatable bonds is 5. The Labute approximate surface area is 170 Å². The van der Waals surface area contributed by atoms with E-state index in [-0.39, 0.29) is 5.69 Å². The molecule has 150 valence electrons. The number of benzene rings is 2. The second-order valence-corrected chi connectivity index (χ2v) is 7.87. The Morgan fingerprint density at radius 1 is 1.07 bits per heavy atom. The maximum absolute atomic E-state index is 14.4. The summed E-state index contributed by atoms with van der Waals surface area (Å²) < 4.78 is 14.4. The van der Waals surface area contributed by atoms with Crippen molar-refractivity contribution in [2.75, 3.05) is 18.0 Å². The fourth-order valence-corrected chi connectivity index (χ4v) is 4.78. The molecule has 5 heteroatoms. The molecule has 2 aromatic rings. The molecule has 29 heavy (non-hydrogen) atoms. The van der Waals surface area contributed by atoms with Crippen molar-refractivity contribution < 1.29 is 9.31 Å². The van der Waals surface area contributed by atoms with E-state index in [1.54, 1.807) is 0 Å². The van der Waals surface area contributed by atoms with Gasteiger partial charge in [0, 0.05) is 19.2 Å². The van der Waals surface area contributed by atoms with Gasteiger partial charge in [-0.15, -0.1) is 0 Å². The molecule has 4 nitrogen and oxygen atoms in total. The second-order valence-electron chi connectivity index (χ2n) is 7.87. The molecule has 2 aromatic carbocycles. The van der Waals surface area contributed by atoms with Gasteiger partial charge in [0.25, 0.3) is 5.69 Å². The average Bonchev–Trinajstić information content (AvgIpc) is 2.76. The molecular formula is C24H25FN2O2. The summed E-state index contributed by atoms with van der Waals surface area (Å²) in [7, 11) is 0. The summed E-state index contributed by atoms with van der Waals surface area (Å²) in [5.41, 5.74) is 1.63. The number of allylic oxidation sites excluding steroid dienone is 4. The first-order valence-corrected chi connectivity index (χ1v) is 10.2. The van der Waals surface area contributed by atoms with Gasteiger partial charge in [-0.05, 0) is 48.6 Å². The Kier molecular flexibility index (Phi) is 5.74. The van der Waals surface area contributed by atoms with E-state index in [0.717, 1.165) is 38.4 Å². The molecule has 2 unspecified atom stereocenters. The summed E-state index contributed by atoms with van der Waals surface area (Å²) in [4.78, 5) is 12.3. The number of hydrogen-bond acceptors (Lipinski definition) is 3. The van der Waals surface area contributed by atoms with Crippen molar-refractivity contribution in [2.45, 2.75) is 25.2 Å². The van der Waals surface area contributed by atoms with Crippen molar-refractivity contribution in [1.29, 1.82) is 0 Å². The van der Waals surface area contributed by atoms with Crippen LogP contribution in [0.4, 0.5) is 15.8 Å². The van der Waals surface area contributed by atoms with Crippen LogP contribution in [0.5, 0.6) is 0 Å². The zero-order chi connectivity index (χ0) is 20.2. The molecule has 1 heterocycles. The van der Waals surface area contributed by atoms with Crippen molar-refractivity contribution in [3.05, 3.63) is 94.3 Å². The van der Waals surface area contributed by atoms with Gasteiger partial charge in [-0.2, -0.15) is 0 Å². The summed E-state index contributed by atoms with van der Waals surface area (Å²) >= 11 is 0. The molecule has 1 saturated heterocycles. The Bertz CT molecular complexity index is 918. The highest BCUT2D eigenvalue weighted by Crippen LogP contribution is 2.42. The van der Waals surface area contributed by atoms with Gasteiger partial charge >= 0.3 is 0 Å². The van der Waals surface area contributed by atoms with Gasteiger partial charge in [-0.1, -0.05) is 54.6 Å². The Morgan fingerprint density at radius 3 is 2.45 bits per heavy atom. The molecule has 0 radical (unpaired) electrons. The van der Waals surface area contributed by atoms with Crippen LogP contribution >= 0.6 is 0 Å². The van der Waals surface area contributed by atoms with Gasteiger partial charge in [0.2, 0.25) is 0 Å². The highest BCUT2D eigenvalue weighted by atomic mass is 19.1. The third kappa shape index (κ3) is 4.24. The van der Waals surface area contributed by atoms with Crippen LogP contribution in [0.25, 0.3) is 0 Å². The molecule has 0 aromatic heterocycles. The Morgan fingerprint density at radius 2 is 1.83 bits per heavy atom. The predicted octanol–water partition coefficient (Wildman–Crippen LogP) is 5.87. The first-order valence-electron chi connectivity index (χ1n) is 10.2. The van der Waals surface area contributed by atoms with Crippen LogP contribution in [0.15, 0.2) is 72.8 Å². The smallest absolute Gasteiger partial charge is 0.272 e. The van der Waals surface area contributed by atoms with Crippen LogP contribution in [-0.2, 0) is 0 Å². The number of piperidine rings is 1. The van der Waals surface area contributed by atoms with Crippen LogP contribution in [0, 0.1) is 27.8 Å². The number of nitrogens with zero attached hydrogens (tertiary/aromatic N) is 2. The number of non-ortho nitro benzene ring substituents is 1. The SMILES string of the molecule is O=[N+]([O-])c1ccc(N2CCC(C(c3ccccc3)C3C=CC=CC3)CC2)c(F)c1. The molecule has 2 atom stereocenters. The minimum atomic E-state index is -0.560. The minimum absolute atomic E-state index is 0.206. The third-order valence-corrected chi connectivity index (χ3v) is 6.19. The van der Waals surface area contributed by atoms with E-state index in [1.165, 1.54) is 17.7 Å². The average molecular weight is 392 g/mol. The van der Waals surface area contributed by atoms with Crippen LogP contribution in [0.1, 0.15) is 30.7 Å². The van der Waals surface area contributed by atoms with E-state index in [2.05, 4.69) is 54.6 Å². The van der Waals surface area contributed by atoms with Crippen LogP contribution < -0.4 is 4.90 Å².